The highest BCUT2D eigenvalue weighted by atomic mass is 19.4. The van der Waals surface area contributed by atoms with Crippen molar-refractivity contribution in [2.75, 3.05) is 29.9 Å². The Morgan fingerprint density at radius 1 is 0.915 bits per heavy atom. The number of alkyl halides is 3. The number of carboxylic acid groups (broad SMARTS) is 1. The molecule has 1 aliphatic carbocycles. The zero-order chi connectivity index (χ0) is 42.1. The zero-order valence-corrected chi connectivity index (χ0v) is 32.0. The van der Waals surface area contributed by atoms with Crippen molar-refractivity contribution in [3.63, 3.8) is 0 Å². The van der Waals surface area contributed by atoms with E-state index in [1.807, 2.05) is 53.4 Å². The maximum atomic E-state index is 12.8. The molecule has 5 aromatic rings. The summed E-state index contributed by atoms with van der Waals surface area (Å²) < 4.78 is 33.5. The van der Waals surface area contributed by atoms with E-state index < -0.39 is 36.4 Å². The van der Waals surface area contributed by atoms with Gasteiger partial charge in [-0.25, -0.2) is 14.6 Å². The summed E-state index contributed by atoms with van der Waals surface area (Å²) in [5, 5.41) is 41.6. The fraction of sp³-hybridized carbons (Fsp3) is 0.375. The average Bonchev–Trinajstić information content (AvgIpc) is 3.96. The highest BCUT2D eigenvalue weighted by Crippen LogP contribution is 2.35. The number of anilines is 2. The van der Waals surface area contributed by atoms with Crippen LogP contribution < -0.4 is 26.2 Å². The Kier molecular flexibility index (Phi) is 13.6. The maximum Gasteiger partial charge on any atom is 0.490 e. The zero-order valence-electron chi connectivity index (χ0n) is 32.0. The van der Waals surface area contributed by atoms with Crippen molar-refractivity contribution in [3.05, 3.63) is 108 Å². The predicted molar refractivity (Wildman–Crippen MR) is 210 cm³/mol. The molecule has 2 aliphatic rings. The topological polar surface area (TPSA) is 220 Å². The van der Waals surface area contributed by atoms with Crippen LogP contribution in [0.15, 0.2) is 91.5 Å². The number of aliphatic hydroxyl groups excluding tert-OH is 2. The smallest absolute Gasteiger partial charge is 0.475 e. The van der Waals surface area contributed by atoms with Gasteiger partial charge in [0.25, 0.3) is 0 Å². The molecule has 16 nitrogen and oxygen atoms in total. The van der Waals surface area contributed by atoms with Gasteiger partial charge in [-0.2, -0.15) is 23.1 Å². The van der Waals surface area contributed by atoms with Crippen LogP contribution in [0, 0.1) is 0 Å². The Labute approximate surface area is 336 Å². The van der Waals surface area contributed by atoms with E-state index in [0.717, 1.165) is 16.7 Å². The van der Waals surface area contributed by atoms with Gasteiger partial charge in [0.2, 0.25) is 11.9 Å². The molecule has 0 unspecified atom stereocenters. The molecule has 7 N–H and O–H groups in total. The van der Waals surface area contributed by atoms with Gasteiger partial charge in [0, 0.05) is 57.0 Å². The minimum atomic E-state index is -5.08. The van der Waals surface area contributed by atoms with Crippen molar-refractivity contribution in [2.24, 2.45) is 0 Å². The van der Waals surface area contributed by atoms with Crippen LogP contribution in [0.3, 0.4) is 0 Å². The first-order valence-corrected chi connectivity index (χ1v) is 19.0. The lowest BCUT2D eigenvalue weighted by atomic mass is 9.91. The molecule has 2 fully saturated rings. The van der Waals surface area contributed by atoms with Gasteiger partial charge in [0.15, 0.2) is 17.0 Å². The normalized spacial score (nSPS) is 20.2. The SMILES string of the molecule is CCC(=O)N[C@H]1C[C@@H](n2cnc3c(NCC(c4ccccc4)c4ccccc4)nc(N4CC[C@@H](NC(=O)NCc5ccncc5)C4)nc32)[C@H](O)[C@@H]1O.O=C(O)C(F)(F)F. The van der Waals surface area contributed by atoms with Crippen LogP contribution in [0.5, 0.6) is 0 Å². The molecular formula is C40H45F3N10O6. The van der Waals surface area contributed by atoms with Crippen molar-refractivity contribution in [3.8, 4) is 0 Å². The first-order valence-electron chi connectivity index (χ1n) is 19.0. The average molecular weight is 819 g/mol. The summed E-state index contributed by atoms with van der Waals surface area (Å²) in [6.45, 7) is 3.76. The van der Waals surface area contributed by atoms with E-state index in [9.17, 15) is 33.0 Å². The molecule has 312 valence electrons. The highest BCUT2D eigenvalue weighted by molar-refractivity contribution is 5.85. The number of urea groups is 1. The number of hydrogen-bond donors (Lipinski definition) is 7. The molecule has 19 heteroatoms. The number of hydrogen-bond acceptors (Lipinski definition) is 11. The molecule has 0 bridgehead atoms. The van der Waals surface area contributed by atoms with Gasteiger partial charge in [-0.1, -0.05) is 67.6 Å². The number of benzene rings is 2. The Balaban J connectivity index is 0.000000768. The summed E-state index contributed by atoms with van der Waals surface area (Å²) in [5.41, 5.74) is 4.27. The maximum absolute atomic E-state index is 12.8. The number of fused-ring (bicyclic) bond motifs is 1. The number of aromatic nitrogens is 5. The number of carbonyl (C=O) groups excluding carboxylic acids is 2. The third kappa shape index (κ3) is 10.6. The minimum Gasteiger partial charge on any atom is -0.475 e. The van der Waals surface area contributed by atoms with Crippen molar-refractivity contribution in [2.45, 2.75) is 75.2 Å². The first kappa shape index (κ1) is 42.3. The van der Waals surface area contributed by atoms with Gasteiger partial charge in [0.05, 0.1) is 18.4 Å². The monoisotopic (exact) mass is 818 g/mol. The van der Waals surface area contributed by atoms with Crippen molar-refractivity contribution in [1.82, 2.24) is 40.5 Å². The molecule has 1 saturated heterocycles. The number of rotatable bonds is 12. The number of aliphatic carboxylic acids is 1. The third-order valence-corrected chi connectivity index (χ3v) is 10.2. The number of halogens is 3. The fourth-order valence-electron chi connectivity index (χ4n) is 7.13. The highest BCUT2D eigenvalue weighted by Gasteiger charge is 2.44. The summed E-state index contributed by atoms with van der Waals surface area (Å²) in [4.78, 5) is 54.6. The van der Waals surface area contributed by atoms with Crippen LogP contribution in [0.25, 0.3) is 11.2 Å². The Morgan fingerprint density at radius 3 is 2.17 bits per heavy atom. The van der Waals surface area contributed by atoms with E-state index in [0.29, 0.717) is 62.0 Å². The summed E-state index contributed by atoms with van der Waals surface area (Å²) in [7, 11) is 0. The van der Waals surface area contributed by atoms with Crippen LogP contribution in [-0.4, -0.2) is 108 Å². The van der Waals surface area contributed by atoms with E-state index in [-0.39, 0.29) is 30.3 Å². The summed E-state index contributed by atoms with van der Waals surface area (Å²) in [6.07, 6.45) is -1.11. The molecule has 0 radical (unpaired) electrons. The minimum absolute atomic E-state index is 0.0127. The van der Waals surface area contributed by atoms with E-state index in [2.05, 4.69) is 50.5 Å². The van der Waals surface area contributed by atoms with Gasteiger partial charge >= 0.3 is 18.2 Å². The Bertz CT molecular complexity index is 2140. The van der Waals surface area contributed by atoms with Gasteiger partial charge in [-0.15, -0.1) is 0 Å². The van der Waals surface area contributed by atoms with Gasteiger partial charge in [-0.3, -0.25) is 9.78 Å². The molecule has 3 amide bonds. The molecule has 1 aliphatic heterocycles. The lowest BCUT2D eigenvalue weighted by Gasteiger charge is -2.22. The van der Waals surface area contributed by atoms with Gasteiger partial charge < -0.3 is 46.1 Å². The number of nitrogens with zero attached hydrogens (tertiary/aromatic N) is 6. The van der Waals surface area contributed by atoms with Crippen molar-refractivity contribution in [1.29, 1.82) is 0 Å². The molecule has 2 aromatic carbocycles. The molecule has 59 heavy (non-hydrogen) atoms. The fourth-order valence-corrected chi connectivity index (χ4v) is 7.13. The molecule has 1 saturated carbocycles. The number of carbonyl (C=O) groups is 3. The summed E-state index contributed by atoms with van der Waals surface area (Å²) >= 11 is 0. The van der Waals surface area contributed by atoms with Crippen LogP contribution in [0.4, 0.5) is 29.7 Å². The van der Waals surface area contributed by atoms with Gasteiger partial charge in [-0.05, 0) is 41.7 Å². The summed E-state index contributed by atoms with van der Waals surface area (Å²) in [5.74, 6) is -1.95. The van der Waals surface area contributed by atoms with Crippen LogP contribution >= 0.6 is 0 Å². The number of aliphatic hydroxyl groups is 2. The van der Waals surface area contributed by atoms with Crippen molar-refractivity contribution < 1.29 is 42.9 Å². The number of pyridine rings is 1. The van der Waals surface area contributed by atoms with Crippen LogP contribution in [0.1, 0.15) is 54.8 Å². The lowest BCUT2D eigenvalue weighted by molar-refractivity contribution is -0.192. The molecule has 7 rings (SSSR count). The number of imidazole rings is 1. The quantitative estimate of drug-likeness (QED) is 0.0958. The second-order valence-electron chi connectivity index (χ2n) is 14.2. The van der Waals surface area contributed by atoms with E-state index in [1.165, 1.54) is 0 Å². The molecular weight excluding hydrogens is 773 g/mol. The Morgan fingerprint density at radius 2 is 1.56 bits per heavy atom. The third-order valence-electron chi connectivity index (χ3n) is 10.2. The van der Waals surface area contributed by atoms with Crippen molar-refractivity contribution >= 4 is 40.8 Å². The molecule has 5 atom stereocenters. The molecule has 4 heterocycles. The largest absolute Gasteiger partial charge is 0.490 e. The second-order valence-corrected chi connectivity index (χ2v) is 14.2. The Hall–Kier alpha value is -6.34. The van der Waals surface area contributed by atoms with E-state index in [4.69, 9.17) is 24.9 Å². The summed E-state index contributed by atoms with van der Waals surface area (Å²) in [6, 6.07) is 22.7. The lowest BCUT2D eigenvalue weighted by Crippen LogP contribution is -2.43. The second kappa shape index (κ2) is 18.9. The molecule has 3 aromatic heterocycles. The van der Waals surface area contributed by atoms with Crippen LogP contribution in [-0.2, 0) is 16.1 Å². The number of amides is 3. The van der Waals surface area contributed by atoms with E-state index >= 15 is 0 Å². The standard InChI is InChI=1S/C38H44N10O4.C2HF3O2/c1-2-31(49)44-29-19-30(34(51)33(29)50)48-23-42-32-35(40-21-28(25-9-5-3-6-10-25)26-11-7-4-8-12-26)45-37(46-36(32)48)47-18-15-27(22-47)43-38(52)41-20-24-13-16-39-17-14-24;3-2(4,5)1(6)7/h3-14,16-17,23,27-30,33-34,50-51H,2,15,18-22H2,1H3,(H,44,49)(H,40,45,46)(H2,41,43,52);(H,6,7)/t27-,29+,30-,33-,34+;/m1./s1. The molecule has 0 spiro atoms. The van der Waals surface area contributed by atoms with Crippen LogP contribution in [0.2, 0.25) is 0 Å². The first-order chi connectivity index (χ1) is 28.3. The van der Waals surface area contributed by atoms with Gasteiger partial charge in [0.1, 0.15) is 12.2 Å². The predicted octanol–water partition coefficient (Wildman–Crippen LogP) is 3.74. The van der Waals surface area contributed by atoms with E-state index in [1.54, 1.807) is 30.2 Å². The number of nitrogens with one attached hydrogen (secondary N) is 4. The number of carboxylic acids is 1.